The van der Waals surface area contributed by atoms with E-state index >= 15 is 0 Å². The van der Waals surface area contributed by atoms with Crippen molar-refractivity contribution in [3.63, 3.8) is 0 Å². The van der Waals surface area contributed by atoms with Gasteiger partial charge in [0, 0.05) is 0 Å². The van der Waals surface area contributed by atoms with Crippen molar-refractivity contribution in [2.75, 3.05) is 0 Å². The molecule has 0 aliphatic carbocycles. The largest absolute Gasteiger partial charge is 0.323 e. The fourth-order valence-electron chi connectivity index (χ4n) is 0.949. The van der Waals surface area contributed by atoms with Crippen LogP contribution in [0, 0.1) is 5.92 Å². The highest BCUT2D eigenvalue weighted by Gasteiger charge is 2.03. The summed E-state index contributed by atoms with van der Waals surface area (Å²) < 4.78 is 2.04. The van der Waals surface area contributed by atoms with E-state index in [0.29, 0.717) is 5.92 Å². The summed E-state index contributed by atoms with van der Waals surface area (Å²) in [5.41, 5.74) is 1.22. The highest BCUT2D eigenvalue weighted by Crippen LogP contribution is 2.15. The molecule has 0 aromatic carbocycles. The first-order valence-electron chi connectivity index (χ1n) is 3.79. The van der Waals surface area contributed by atoms with Gasteiger partial charge in [0.2, 0.25) is 0 Å². The summed E-state index contributed by atoms with van der Waals surface area (Å²) in [6.07, 6.45) is 4.13. The number of rotatable bonds is 4. The van der Waals surface area contributed by atoms with Crippen LogP contribution in [0.5, 0.6) is 0 Å². The Morgan fingerprint density at radius 3 is 2.73 bits per heavy atom. The van der Waals surface area contributed by atoms with Crippen molar-refractivity contribution in [3.8, 4) is 0 Å². The summed E-state index contributed by atoms with van der Waals surface area (Å²) >= 11 is 2.22. The number of halogens is 1. The van der Waals surface area contributed by atoms with Crippen molar-refractivity contribution < 1.29 is 0 Å². The Kier molecular flexibility index (Phi) is 6.60. The Labute approximate surface area is 82.1 Å². The van der Waals surface area contributed by atoms with Crippen LogP contribution in [0.25, 0.3) is 0 Å². The van der Waals surface area contributed by atoms with Crippen LogP contribution in [0.1, 0.15) is 26.7 Å². The van der Waals surface area contributed by atoms with Gasteiger partial charge in [-0.2, -0.15) is 5.10 Å². The number of nitrogens with zero attached hydrogens (tertiary/aromatic N) is 1. The Morgan fingerprint density at radius 1 is 1.73 bits per heavy atom. The average Bonchev–Trinajstić information content (AvgIpc) is 2.00. The van der Waals surface area contributed by atoms with Crippen LogP contribution >= 0.6 is 22.6 Å². The van der Waals surface area contributed by atoms with Gasteiger partial charge in [-0.3, -0.25) is 0 Å². The topological polar surface area (TPSA) is 38.4 Å². The molecular formula is C8H15IN2. The third-order valence-electron chi connectivity index (χ3n) is 1.64. The van der Waals surface area contributed by atoms with E-state index in [9.17, 15) is 0 Å². The highest BCUT2D eigenvalue weighted by atomic mass is 127. The van der Waals surface area contributed by atoms with Gasteiger partial charge in [-0.15, -0.1) is 0 Å². The molecule has 0 spiro atoms. The Hall–Kier alpha value is -0.0600. The van der Waals surface area contributed by atoms with E-state index in [2.05, 4.69) is 41.5 Å². The van der Waals surface area contributed by atoms with Gasteiger partial charge in [0.05, 0.1) is 6.21 Å². The van der Waals surface area contributed by atoms with Crippen LogP contribution in [0.2, 0.25) is 0 Å². The zero-order chi connectivity index (χ0) is 8.69. The summed E-state index contributed by atoms with van der Waals surface area (Å²) in [6.45, 7) is 4.37. The van der Waals surface area contributed by atoms with Gasteiger partial charge in [0.1, 0.15) is 0 Å². The Morgan fingerprint density at radius 2 is 2.36 bits per heavy atom. The van der Waals surface area contributed by atoms with Crippen LogP contribution < -0.4 is 5.84 Å². The Bertz CT molecular complexity index is 152. The second kappa shape index (κ2) is 6.64. The average molecular weight is 266 g/mol. The number of hydrazone groups is 1. The van der Waals surface area contributed by atoms with Gasteiger partial charge >= 0.3 is 0 Å². The molecule has 0 saturated carbocycles. The maximum Gasteiger partial charge on any atom is 0.0504 e. The molecule has 1 atom stereocenters. The lowest BCUT2D eigenvalue weighted by molar-refractivity contribution is 0.621. The van der Waals surface area contributed by atoms with E-state index in [0.717, 1.165) is 0 Å². The van der Waals surface area contributed by atoms with Crippen LogP contribution in [-0.4, -0.2) is 6.21 Å². The molecule has 0 bridgehead atoms. The van der Waals surface area contributed by atoms with E-state index in [4.69, 9.17) is 5.84 Å². The second-order valence-electron chi connectivity index (χ2n) is 2.58. The third-order valence-corrected chi connectivity index (χ3v) is 2.36. The molecule has 64 valence electrons. The number of allylic oxidation sites excluding steroid dienone is 1. The molecule has 0 aromatic rings. The summed E-state index contributed by atoms with van der Waals surface area (Å²) in [5, 5.41) is 3.51. The highest BCUT2D eigenvalue weighted by molar-refractivity contribution is 14.1. The molecule has 0 saturated heterocycles. The van der Waals surface area contributed by atoms with Gasteiger partial charge in [0.25, 0.3) is 0 Å². The predicted molar refractivity (Wildman–Crippen MR) is 58.9 cm³/mol. The lowest BCUT2D eigenvalue weighted by Gasteiger charge is -2.08. The quantitative estimate of drug-likeness (QED) is 0.361. The molecule has 3 heteroatoms. The number of hydrogen-bond donors (Lipinski definition) is 1. The summed E-state index contributed by atoms with van der Waals surface area (Å²) in [7, 11) is 0. The van der Waals surface area contributed by atoms with Gasteiger partial charge in [-0.05, 0) is 22.0 Å². The molecule has 0 aromatic heterocycles. The van der Waals surface area contributed by atoms with Crippen molar-refractivity contribution in [2.45, 2.75) is 26.7 Å². The summed E-state index contributed by atoms with van der Waals surface area (Å²) in [5.74, 6) is 5.64. The zero-order valence-corrected chi connectivity index (χ0v) is 9.21. The summed E-state index contributed by atoms with van der Waals surface area (Å²) in [6, 6.07) is 0. The van der Waals surface area contributed by atoms with Crippen LogP contribution in [0.3, 0.4) is 0 Å². The van der Waals surface area contributed by atoms with Crippen molar-refractivity contribution >= 4 is 28.8 Å². The predicted octanol–water partition coefficient (Wildman–Crippen LogP) is 2.69. The third kappa shape index (κ3) is 4.40. The van der Waals surface area contributed by atoms with E-state index in [1.165, 1.54) is 18.4 Å². The fraction of sp³-hybridized carbons (Fsp3) is 0.625. The molecule has 1 unspecified atom stereocenters. The molecule has 2 N–H and O–H groups in total. The second-order valence-corrected chi connectivity index (χ2v) is 3.20. The van der Waals surface area contributed by atoms with E-state index in [1.54, 1.807) is 6.21 Å². The minimum atomic E-state index is 0.573. The van der Waals surface area contributed by atoms with E-state index < -0.39 is 0 Å². The van der Waals surface area contributed by atoms with Gasteiger partial charge < -0.3 is 5.84 Å². The van der Waals surface area contributed by atoms with Crippen LogP contribution in [0.15, 0.2) is 14.8 Å². The zero-order valence-electron chi connectivity index (χ0n) is 7.05. The van der Waals surface area contributed by atoms with Gasteiger partial charge in [-0.1, -0.05) is 42.9 Å². The molecule has 0 aliphatic heterocycles. The van der Waals surface area contributed by atoms with E-state index in [1.807, 2.05) is 4.08 Å². The smallest absolute Gasteiger partial charge is 0.0504 e. The normalized spacial score (nSPS) is 15.7. The maximum atomic E-state index is 5.06. The van der Waals surface area contributed by atoms with Crippen LogP contribution in [0.4, 0.5) is 0 Å². The van der Waals surface area contributed by atoms with Crippen LogP contribution in [-0.2, 0) is 0 Å². The van der Waals surface area contributed by atoms with Crippen molar-refractivity contribution in [3.05, 3.63) is 9.66 Å². The monoisotopic (exact) mass is 266 g/mol. The Balaban J connectivity index is 4.04. The molecule has 0 radical (unpaired) electrons. The SMILES string of the molecule is CCCC(C)C(/C=N\N)=C/I. The molecule has 0 rings (SSSR count). The number of nitrogens with two attached hydrogens (primary N) is 1. The molecular weight excluding hydrogens is 251 g/mol. The lowest BCUT2D eigenvalue weighted by Crippen LogP contribution is -2.00. The van der Waals surface area contributed by atoms with Crippen molar-refractivity contribution in [1.82, 2.24) is 0 Å². The van der Waals surface area contributed by atoms with Crippen molar-refractivity contribution in [2.24, 2.45) is 16.9 Å². The minimum absolute atomic E-state index is 0.573. The van der Waals surface area contributed by atoms with Crippen molar-refractivity contribution in [1.29, 1.82) is 0 Å². The van der Waals surface area contributed by atoms with Gasteiger partial charge in [-0.25, -0.2) is 0 Å². The molecule has 2 nitrogen and oxygen atoms in total. The molecule has 0 aliphatic rings. The first-order valence-corrected chi connectivity index (χ1v) is 5.04. The van der Waals surface area contributed by atoms with E-state index in [-0.39, 0.29) is 0 Å². The molecule has 11 heavy (non-hydrogen) atoms. The minimum Gasteiger partial charge on any atom is -0.323 e. The molecule has 0 amide bonds. The maximum absolute atomic E-state index is 5.06. The van der Waals surface area contributed by atoms with Gasteiger partial charge in [0.15, 0.2) is 0 Å². The first kappa shape index (κ1) is 10.9. The lowest BCUT2D eigenvalue weighted by atomic mass is 9.99. The molecule has 0 fully saturated rings. The molecule has 0 heterocycles. The fourth-order valence-corrected chi connectivity index (χ4v) is 1.72. The number of hydrogen-bond acceptors (Lipinski definition) is 2. The standard InChI is InChI=1S/C8H15IN2/c1-3-4-7(2)8(5-9)6-11-10/h5-7H,3-4,10H2,1-2H3/b8-5+,11-6-. The first-order chi connectivity index (χ1) is 5.26. The summed E-state index contributed by atoms with van der Waals surface area (Å²) in [4.78, 5) is 0.